The summed E-state index contributed by atoms with van der Waals surface area (Å²) in [5.74, 6) is -0.0608. The van der Waals surface area contributed by atoms with Crippen molar-refractivity contribution in [3.8, 4) is 11.4 Å². The van der Waals surface area contributed by atoms with Crippen molar-refractivity contribution in [1.29, 1.82) is 0 Å². The highest BCUT2D eigenvalue weighted by molar-refractivity contribution is 5.94. The summed E-state index contributed by atoms with van der Waals surface area (Å²) in [6.07, 6.45) is 6.83. The first-order valence-electron chi connectivity index (χ1n) is 9.03. The number of halogens is 1. The van der Waals surface area contributed by atoms with Gasteiger partial charge in [0.15, 0.2) is 0 Å². The van der Waals surface area contributed by atoms with Gasteiger partial charge < -0.3 is 9.42 Å². The highest BCUT2D eigenvalue weighted by atomic mass is 19.1. The quantitative estimate of drug-likeness (QED) is 0.700. The highest BCUT2D eigenvalue weighted by Crippen LogP contribution is 2.32. The van der Waals surface area contributed by atoms with Gasteiger partial charge in [0.05, 0.1) is 5.56 Å². The molecule has 0 aliphatic carbocycles. The molecule has 1 unspecified atom stereocenters. The first kappa shape index (κ1) is 17.3. The van der Waals surface area contributed by atoms with Crippen molar-refractivity contribution in [1.82, 2.24) is 20.0 Å². The second-order valence-corrected chi connectivity index (χ2v) is 6.54. The number of pyridine rings is 1. The fourth-order valence-electron chi connectivity index (χ4n) is 3.38. The molecular weight excluding hydrogens is 347 g/mol. The van der Waals surface area contributed by atoms with Gasteiger partial charge in [0.25, 0.3) is 5.91 Å². The number of likely N-dealkylation sites (tertiary alicyclic amines) is 1. The lowest BCUT2D eigenvalue weighted by atomic mass is 10.1. The lowest BCUT2D eigenvalue weighted by Gasteiger charge is -2.27. The minimum Gasteiger partial charge on any atom is -0.337 e. The number of carbonyl (C=O) groups excluding carboxylic acids is 1. The first-order valence-corrected chi connectivity index (χ1v) is 9.03. The summed E-state index contributed by atoms with van der Waals surface area (Å²) < 4.78 is 19.6. The second kappa shape index (κ2) is 7.65. The molecule has 1 fully saturated rings. The van der Waals surface area contributed by atoms with Crippen LogP contribution in [-0.2, 0) is 0 Å². The van der Waals surface area contributed by atoms with Gasteiger partial charge >= 0.3 is 0 Å². The maximum atomic E-state index is 14.1. The number of nitrogens with zero attached hydrogens (tertiary/aromatic N) is 4. The van der Waals surface area contributed by atoms with E-state index in [0.29, 0.717) is 24.7 Å². The Balaban J connectivity index is 1.66. The third kappa shape index (κ3) is 3.58. The van der Waals surface area contributed by atoms with Crippen molar-refractivity contribution in [2.24, 2.45) is 0 Å². The lowest BCUT2D eigenvalue weighted by molar-refractivity contribution is 0.0639. The minimum atomic E-state index is -0.521. The van der Waals surface area contributed by atoms with Crippen molar-refractivity contribution in [3.05, 3.63) is 66.1 Å². The average Bonchev–Trinajstić information content (AvgIpc) is 3.06. The molecule has 4 rings (SSSR count). The van der Waals surface area contributed by atoms with Crippen molar-refractivity contribution >= 4 is 5.91 Å². The van der Waals surface area contributed by atoms with Crippen LogP contribution in [0.4, 0.5) is 4.39 Å². The molecule has 1 atom stereocenters. The fourth-order valence-corrected chi connectivity index (χ4v) is 3.38. The Morgan fingerprint density at radius 2 is 2.04 bits per heavy atom. The highest BCUT2D eigenvalue weighted by Gasteiger charge is 2.32. The van der Waals surface area contributed by atoms with Gasteiger partial charge in [-0.15, -0.1) is 0 Å². The van der Waals surface area contributed by atoms with Crippen LogP contribution in [0.15, 0.2) is 53.3 Å². The molecule has 27 heavy (non-hydrogen) atoms. The van der Waals surface area contributed by atoms with E-state index in [0.717, 1.165) is 24.8 Å². The summed E-state index contributed by atoms with van der Waals surface area (Å²) in [5.41, 5.74) is 0.810. The fraction of sp³-hybridized carbons (Fsp3) is 0.300. The Morgan fingerprint density at radius 1 is 1.15 bits per heavy atom. The third-order valence-electron chi connectivity index (χ3n) is 4.76. The molecule has 0 saturated carbocycles. The number of hydrogen-bond donors (Lipinski definition) is 0. The molecule has 1 saturated heterocycles. The molecule has 3 aromatic rings. The molecule has 1 amide bonds. The van der Waals surface area contributed by atoms with Crippen LogP contribution in [0, 0.1) is 5.82 Å². The summed E-state index contributed by atoms with van der Waals surface area (Å²) in [6.45, 7) is 0.530. The van der Waals surface area contributed by atoms with Crippen molar-refractivity contribution < 1.29 is 13.7 Å². The molecule has 1 aliphatic heterocycles. The molecule has 1 aliphatic rings. The topological polar surface area (TPSA) is 72.1 Å². The van der Waals surface area contributed by atoms with Crippen LogP contribution >= 0.6 is 0 Å². The van der Waals surface area contributed by atoms with Gasteiger partial charge in [-0.05, 0) is 37.1 Å². The van der Waals surface area contributed by atoms with E-state index in [1.54, 1.807) is 35.5 Å². The van der Waals surface area contributed by atoms with Crippen LogP contribution < -0.4 is 0 Å². The van der Waals surface area contributed by atoms with Crippen LogP contribution in [0.25, 0.3) is 11.4 Å². The SMILES string of the molecule is O=C(c1ccccc1F)N1CCCCCC1c1nc(-c2cccnc2)no1. The smallest absolute Gasteiger partial charge is 0.257 e. The predicted molar refractivity (Wildman–Crippen MR) is 96.2 cm³/mol. The molecule has 0 radical (unpaired) electrons. The molecule has 6 nitrogen and oxygen atoms in total. The molecular formula is C20H19FN4O2. The largest absolute Gasteiger partial charge is 0.337 e. The van der Waals surface area contributed by atoms with Crippen LogP contribution in [0.3, 0.4) is 0 Å². The van der Waals surface area contributed by atoms with Crippen LogP contribution in [0.2, 0.25) is 0 Å². The van der Waals surface area contributed by atoms with Crippen molar-refractivity contribution in [2.45, 2.75) is 31.7 Å². The van der Waals surface area contributed by atoms with E-state index >= 15 is 0 Å². The number of amides is 1. The maximum Gasteiger partial charge on any atom is 0.257 e. The Morgan fingerprint density at radius 3 is 2.85 bits per heavy atom. The minimum absolute atomic E-state index is 0.0661. The van der Waals surface area contributed by atoms with E-state index in [2.05, 4.69) is 15.1 Å². The summed E-state index contributed by atoms with van der Waals surface area (Å²) in [4.78, 5) is 23.2. The predicted octanol–water partition coefficient (Wildman–Crippen LogP) is 4.03. The molecule has 1 aromatic carbocycles. The second-order valence-electron chi connectivity index (χ2n) is 6.54. The maximum absolute atomic E-state index is 14.1. The summed E-state index contributed by atoms with van der Waals surface area (Å²) in [5, 5.41) is 4.04. The molecule has 0 spiro atoms. The van der Waals surface area contributed by atoms with Gasteiger partial charge in [-0.3, -0.25) is 9.78 Å². The van der Waals surface area contributed by atoms with Gasteiger partial charge in [0.2, 0.25) is 11.7 Å². The van der Waals surface area contributed by atoms with E-state index in [1.807, 2.05) is 6.07 Å². The number of rotatable bonds is 3. The standard InChI is InChI=1S/C20H19FN4O2/c21-16-9-4-3-8-15(16)20(26)25-12-5-1-2-10-17(25)19-23-18(24-27-19)14-7-6-11-22-13-14/h3-4,6-9,11,13,17H,1-2,5,10,12H2. The van der Waals surface area contributed by atoms with E-state index in [-0.39, 0.29) is 17.5 Å². The molecule has 0 N–H and O–H groups in total. The lowest BCUT2D eigenvalue weighted by Crippen LogP contribution is -2.35. The monoisotopic (exact) mass is 366 g/mol. The van der Waals surface area contributed by atoms with Gasteiger partial charge in [-0.1, -0.05) is 30.1 Å². The first-order chi connectivity index (χ1) is 13.2. The van der Waals surface area contributed by atoms with Gasteiger partial charge in [-0.2, -0.15) is 4.98 Å². The normalized spacial score (nSPS) is 17.5. The molecule has 0 bridgehead atoms. The third-order valence-corrected chi connectivity index (χ3v) is 4.76. The average molecular weight is 366 g/mol. The Kier molecular flexibility index (Phi) is 4.91. The molecule has 7 heteroatoms. The summed E-state index contributed by atoms with van der Waals surface area (Å²) >= 11 is 0. The number of aromatic nitrogens is 3. The molecule has 3 heterocycles. The van der Waals surface area contributed by atoms with Gasteiger partial charge in [0.1, 0.15) is 11.9 Å². The van der Waals surface area contributed by atoms with Crippen molar-refractivity contribution in [3.63, 3.8) is 0 Å². The molecule has 2 aromatic heterocycles. The van der Waals surface area contributed by atoms with Crippen LogP contribution in [0.1, 0.15) is 48.0 Å². The number of hydrogen-bond acceptors (Lipinski definition) is 5. The summed E-state index contributed by atoms with van der Waals surface area (Å²) in [7, 11) is 0. The van der Waals surface area contributed by atoms with E-state index in [4.69, 9.17) is 4.52 Å². The Hall–Kier alpha value is -3.09. The number of carbonyl (C=O) groups is 1. The van der Waals surface area contributed by atoms with Crippen molar-refractivity contribution in [2.75, 3.05) is 6.54 Å². The van der Waals surface area contributed by atoms with Crippen LogP contribution in [-0.4, -0.2) is 32.5 Å². The van der Waals surface area contributed by atoms with E-state index in [9.17, 15) is 9.18 Å². The Bertz CT molecular complexity index is 928. The van der Waals surface area contributed by atoms with Crippen LogP contribution in [0.5, 0.6) is 0 Å². The van der Waals surface area contributed by atoms with E-state index < -0.39 is 5.82 Å². The number of benzene rings is 1. The zero-order valence-electron chi connectivity index (χ0n) is 14.7. The van der Waals surface area contributed by atoms with Gasteiger partial charge in [0, 0.05) is 24.5 Å². The zero-order chi connectivity index (χ0) is 18.6. The zero-order valence-corrected chi connectivity index (χ0v) is 14.7. The molecule has 138 valence electrons. The van der Waals surface area contributed by atoms with Gasteiger partial charge in [-0.25, -0.2) is 4.39 Å². The summed E-state index contributed by atoms with van der Waals surface area (Å²) in [6, 6.07) is 9.32. The van der Waals surface area contributed by atoms with E-state index in [1.165, 1.54) is 12.1 Å². The Labute approximate surface area is 156 Å².